The summed E-state index contributed by atoms with van der Waals surface area (Å²) in [5, 5.41) is 0. The Morgan fingerprint density at radius 2 is 1.20 bits per heavy atom. The van der Waals surface area contributed by atoms with E-state index < -0.39 is 0 Å². The molecule has 0 saturated carbocycles. The van der Waals surface area contributed by atoms with E-state index >= 15 is 0 Å². The third kappa shape index (κ3) is 30.8. The molecule has 0 fully saturated rings. The maximum absolute atomic E-state index is 7.03. The molecule has 5 heavy (non-hydrogen) atoms. The summed E-state index contributed by atoms with van der Waals surface area (Å²) in [5.41, 5.74) is 0. The summed E-state index contributed by atoms with van der Waals surface area (Å²) in [6, 6.07) is 0. The molecular formula is H2CuMnNiO2. The molecule has 2 N–H and O–H groups in total. The minimum atomic E-state index is -0.188. The number of hydrogen-bond donors (Lipinski definition) is 2. The normalized spacial score (nSPS) is 4.40. The van der Waals surface area contributed by atoms with E-state index in [1.54, 1.807) is 0 Å². The van der Waals surface area contributed by atoms with Crippen molar-refractivity contribution in [1.82, 2.24) is 0 Å². The van der Waals surface area contributed by atoms with E-state index in [9.17, 15) is 0 Å². The Labute approximate surface area is 57.5 Å². The molecule has 1 radical (unpaired) electrons. The van der Waals surface area contributed by atoms with Crippen LogP contribution in [0.4, 0.5) is 0 Å². The van der Waals surface area contributed by atoms with Crippen molar-refractivity contribution in [3.63, 3.8) is 0 Å². The average molecular weight is 211 g/mol. The van der Waals surface area contributed by atoms with E-state index in [1.165, 1.54) is 0 Å². The van der Waals surface area contributed by atoms with Crippen molar-refractivity contribution in [3.8, 4) is 0 Å². The summed E-state index contributed by atoms with van der Waals surface area (Å²) >= 11 is -0.188. The zero-order valence-corrected chi connectivity index (χ0v) is 5.00. The van der Waals surface area contributed by atoms with Crippen LogP contribution in [0.5, 0.6) is 0 Å². The fraction of sp³-hybridized carbons (Fsp3) is 0. The van der Waals surface area contributed by atoms with Crippen LogP contribution in [-0.4, -0.2) is 8.38 Å². The van der Waals surface area contributed by atoms with Crippen molar-refractivity contribution in [2.45, 2.75) is 0 Å². The Balaban J connectivity index is -0.0000000200. The van der Waals surface area contributed by atoms with Gasteiger partial charge in [-0.05, 0) is 0 Å². The molecule has 0 aromatic carbocycles. The zero-order chi connectivity index (χ0) is 2.71. The van der Waals surface area contributed by atoms with Crippen LogP contribution in [-0.2, 0) is 49.2 Å². The summed E-state index contributed by atoms with van der Waals surface area (Å²) in [6.45, 7) is 0. The molecule has 0 aliphatic rings. The molecule has 0 atom stereocenters. The number of hydrogen-bond acceptors (Lipinski definition) is 2. The summed E-state index contributed by atoms with van der Waals surface area (Å²) < 4.78 is 14.1. The van der Waals surface area contributed by atoms with Crippen LogP contribution < -0.4 is 0 Å². The van der Waals surface area contributed by atoms with Gasteiger partial charge in [-0.1, -0.05) is 0 Å². The van der Waals surface area contributed by atoms with Crippen molar-refractivity contribution >= 4 is 0 Å². The molecular weight excluding hydrogens is 209 g/mol. The molecule has 0 aliphatic heterocycles. The van der Waals surface area contributed by atoms with Gasteiger partial charge in [0.25, 0.3) is 0 Å². The summed E-state index contributed by atoms with van der Waals surface area (Å²) in [6.07, 6.45) is 0. The van der Waals surface area contributed by atoms with Crippen molar-refractivity contribution in [1.29, 1.82) is 0 Å². The first-order chi connectivity index (χ1) is 1.41. The molecule has 42 valence electrons. The number of rotatable bonds is 0. The Kier molecular flexibility index (Phi) is 57.8. The SMILES string of the molecule is [Mn].[Ni].[OH][Cu][OH]. The van der Waals surface area contributed by atoms with Crippen molar-refractivity contribution in [2.75, 3.05) is 0 Å². The van der Waals surface area contributed by atoms with Crippen LogP contribution in [0, 0.1) is 0 Å². The van der Waals surface area contributed by atoms with Crippen LogP contribution in [0.2, 0.25) is 0 Å². The second-order valence-electron chi connectivity index (χ2n) is 0.0603. The Bertz CT molecular complexity index is 9.61. The van der Waals surface area contributed by atoms with Crippen molar-refractivity contribution in [3.05, 3.63) is 0 Å². The van der Waals surface area contributed by atoms with Gasteiger partial charge in [-0.15, -0.1) is 0 Å². The van der Waals surface area contributed by atoms with E-state index in [1.807, 2.05) is 0 Å². The van der Waals surface area contributed by atoms with Crippen LogP contribution in [0.1, 0.15) is 0 Å². The third-order valence-corrected chi connectivity index (χ3v) is 0. The molecule has 0 amide bonds. The molecule has 0 spiro atoms. The van der Waals surface area contributed by atoms with Crippen LogP contribution in [0.3, 0.4) is 0 Å². The first-order valence-corrected chi connectivity index (χ1v) is 1.11. The van der Waals surface area contributed by atoms with Gasteiger partial charge in [0.05, 0.1) is 0 Å². The predicted molar refractivity (Wildman–Crippen MR) is 4.44 cm³/mol. The van der Waals surface area contributed by atoms with E-state index in [0.717, 1.165) is 0 Å². The van der Waals surface area contributed by atoms with Gasteiger partial charge in [0.15, 0.2) is 0 Å². The quantitative estimate of drug-likeness (QED) is 0.498. The van der Waals surface area contributed by atoms with Crippen LogP contribution in [0.25, 0.3) is 0 Å². The van der Waals surface area contributed by atoms with E-state index in [-0.39, 0.29) is 49.2 Å². The van der Waals surface area contributed by atoms with Crippen LogP contribution >= 0.6 is 0 Å². The summed E-state index contributed by atoms with van der Waals surface area (Å²) in [5.74, 6) is 0. The molecule has 0 aromatic heterocycles. The van der Waals surface area contributed by atoms with Gasteiger partial charge in [-0.2, -0.15) is 0 Å². The van der Waals surface area contributed by atoms with Gasteiger partial charge in [0.2, 0.25) is 0 Å². The monoisotopic (exact) mass is 210 g/mol. The zero-order valence-electron chi connectivity index (χ0n) is 1.89. The minimum absolute atomic E-state index is 0. The van der Waals surface area contributed by atoms with Crippen molar-refractivity contribution < 1.29 is 57.6 Å². The van der Waals surface area contributed by atoms with E-state index in [0.29, 0.717) is 0 Å². The van der Waals surface area contributed by atoms with Gasteiger partial charge in [0.1, 0.15) is 0 Å². The van der Waals surface area contributed by atoms with E-state index in [2.05, 4.69) is 0 Å². The molecule has 0 aromatic rings. The predicted octanol–water partition coefficient (Wildman–Crippen LogP) is -1.12. The third-order valence-electron chi connectivity index (χ3n) is 0. The Hall–Kier alpha value is 1.45. The molecule has 0 rings (SSSR count). The molecule has 0 unspecified atom stereocenters. The van der Waals surface area contributed by atoms with Gasteiger partial charge >= 0.3 is 24.0 Å². The second kappa shape index (κ2) is 18.0. The molecule has 0 heterocycles. The summed E-state index contributed by atoms with van der Waals surface area (Å²) in [7, 11) is 0. The second-order valence-corrected chi connectivity index (χ2v) is 0.249. The molecule has 0 saturated heterocycles. The maximum atomic E-state index is 7.03. The summed E-state index contributed by atoms with van der Waals surface area (Å²) in [4.78, 5) is 0. The average Bonchev–Trinajstić information content (AvgIpc) is 0.918. The topological polar surface area (TPSA) is 40.5 Å². The first kappa shape index (κ1) is 16.1. The van der Waals surface area contributed by atoms with Crippen LogP contribution in [0.15, 0.2) is 0 Å². The molecule has 0 bridgehead atoms. The molecule has 5 heteroatoms. The van der Waals surface area contributed by atoms with Gasteiger partial charge in [-0.3, -0.25) is 0 Å². The van der Waals surface area contributed by atoms with E-state index in [4.69, 9.17) is 8.38 Å². The fourth-order valence-corrected chi connectivity index (χ4v) is 0. The fourth-order valence-electron chi connectivity index (χ4n) is 0. The Morgan fingerprint density at radius 3 is 1.20 bits per heavy atom. The van der Waals surface area contributed by atoms with Gasteiger partial charge < -0.3 is 0 Å². The first-order valence-electron chi connectivity index (χ1n) is 0.270. The standard InChI is InChI=1S/Cu.Mn.Ni.2H2O/h;;;2*1H2/q+2;;;;/p-2. The van der Waals surface area contributed by atoms with Crippen molar-refractivity contribution in [2.24, 2.45) is 0 Å². The molecule has 0 aliphatic carbocycles. The Morgan fingerprint density at radius 1 is 1.20 bits per heavy atom. The molecule has 2 nitrogen and oxygen atoms in total. The van der Waals surface area contributed by atoms with Gasteiger partial charge in [-0.25, -0.2) is 0 Å². The van der Waals surface area contributed by atoms with Gasteiger partial charge in [0, 0.05) is 33.6 Å².